The van der Waals surface area contributed by atoms with E-state index in [1.54, 1.807) is 44.4 Å². The van der Waals surface area contributed by atoms with Crippen LogP contribution in [-0.2, 0) is 16.1 Å². The average molecular weight is 655 g/mol. The van der Waals surface area contributed by atoms with Crippen molar-refractivity contribution in [3.8, 4) is 11.5 Å². The van der Waals surface area contributed by atoms with Gasteiger partial charge in [0.25, 0.3) is 5.56 Å². The molecule has 10 heteroatoms. The van der Waals surface area contributed by atoms with Crippen molar-refractivity contribution in [2.45, 2.75) is 19.6 Å². The van der Waals surface area contributed by atoms with Crippen LogP contribution in [0.2, 0.25) is 5.02 Å². The van der Waals surface area contributed by atoms with E-state index >= 15 is 0 Å². The van der Waals surface area contributed by atoms with Crippen molar-refractivity contribution >= 4 is 40.7 Å². The zero-order chi connectivity index (χ0) is 32.2. The Morgan fingerprint density at radius 1 is 1.02 bits per heavy atom. The fourth-order valence-corrected chi connectivity index (χ4v) is 6.49. The number of esters is 1. The zero-order valence-electron chi connectivity index (χ0n) is 24.9. The molecule has 1 atom stereocenters. The second-order valence-electron chi connectivity index (χ2n) is 10.3. The second-order valence-corrected chi connectivity index (χ2v) is 11.7. The number of carbonyl (C=O) groups excluding carboxylic acids is 1. The van der Waals surface area contributed by atoms with E-state index in [2.05, 4.69) is 0 Å². The van der Waals surface area contributed by atoms with Gasteiger partial charge in [0.1, 0.15) is 12.4 Å². The number of ether oxygens (including phenoxy) is 3. The van der Waals surface area contributed by atoms with Crippen LogP contribution in [0.5, 0.6) is 11.5 Å². The molecule has 1 aliphatic heterocycles. The normalized spacial score (nSPS) is 14.4. The first-order chi connectivity index (χ1) is 22.4. The number of methoxy groups -OCH3 is 1. The summed E-state index contributed by atoms with van der Waals surface area (Å²) in [6, 6.07) is 26.8. The Balaban J connectivity index is 1.55. The molecule has 0 saturated heterocycles. The van der Waals surface area contributed by atoms with Gasteiger partial charge in [-0.1, -0.05) is 89.7 Å². The molecular formula is C36H28ClFN2O5S. The lowest BCUT2D eigenvalue weighted by Gasteiger charge is -2.25. The van der Waals surface area contributed by atoms with Crippen molar-refractivity contribution in [3.05, 3.63) is 155 Å². The molecule has 0 unspecified atom stereocenters. The molecule has 0 spiro atoms. The van der Waals surface area contributed by atoms with Crippen LogP contribution in [0.4, 0.5) is 4.39 Å². The summed E-state index contributed by atoms with van der Waals surface area (Å²) in [4.78, 5) is 33.1. The molecule has 0 aliphatic carbocycles. The Morgan fingerprint density at radius 3 is 2.50 bits per heavy atom. The van der Waals surface area contributed by atoms with Gasteiger partial charge in [0.05, 0.1) is 35.6 Å². The van der Waals surface area contributed by atoms with Crippen LogP contribution in [0.15, 0.2) is 112 Å². The Kier molecular flexibility index (Phi) is 9.14. The molecule has 0 radical (unpaired) electrons. The molecule has 0 amide bonds. The molecule has 0 bridgehead atoms. The molecular weight excluding hydrogens is 627 g/mol. The van der Waals surface area contributed by atoms with Gasteiger partial charge in [0.15, 0.2) is 16.3 Å². The molecule has 1 aliphatic rings. The van der Waals surface area contributed by atoms with E-state index in [0.29, 0.717) is 48.2 Å². The van der Waals surface area contributed by atoms with Gasteiger partial charge in [-0.05, 0) is 54.5 Å². The van der Waals surface area contributed by atoms with Crippen LogP contribution < -0.4 is 24.4 Å². The fourth-order valence-electron chi connectivity index (χ4n) is 5.29. The minimum atomic E-state index is -0.919. The maximum atomic E-state index is 14.3. The molecule has 0 fully saturated rings. The number of rotatable bonds is 9. The van der Waals surface area contributed by atoms with Crippen molar-refractivity contribution in [1.29, 1.82) is 0 Å². The summed E-state index contributed by atoms with van der Waals surface area (Å²) < 4.78 is 33.2. The number of carbonyl (C=O) groups is 1. The van der Waals surface area contributed by atoms with Crippen molar-refractivity contribution in [2.24, 2.45) is 4.99 Å². The minimum Gasteiger partial charge on any atom is -0.493 e. The number of benzene rings is 4. The Hall–Kier alpha value is -4.99. The second kappa shape index (κ2) is 13.6. The first-order valence-electron chi connectivity index (χ1n) is 14.5. The number of thiazole rings is 1. The summed E-state index contributed by atoms with van der Waals surface area (Å²) in [6.07, 6.45) is 1.72. The summed E-state index contributed by atoms with van der Waals surface area (Å²) in [7, 11) is 1.55. The number of nitrogens with zero attached hydrogens (tertiary/aromatic N) is 2. The third kappa shape index (κ3) is 6.24. The maximum absolute atomic E-state index is 14.3. The largest absolute Gasteiger partial charge is 0.493 e. The summed E-state index contributed by atoms with van der Waals surface area (Å²) in [5.74, 6) is -0.116. The molecule has 4 aromatic carbocycles. The number of halogens is 2. The maximum Gasteiger partial charge on any atom is 0.338 e. The SMILES string of the molecule is CCOC(=O)C1=C(c2ccccc2)N=c2s/c(=C\c3cccc(OC)c3OCc3cccc(Cl)c3)c(=O)n2[C@H]1c1ccc(F)cc1. The number of fused-ring (bicyclic) bond motifs is 1. The molecule has 46 heavy (non-hydrogen) atoms. The van der Waals surface area contributed by atoms with Crippen LogP contribution in [0, 0.1) is 5.82 Å². The third-order valence-electron chi connectivity index (χ3n) is 7.35. The Morgan fingerprint density at radius 2 is 1.78 bits per heavy atom. The third-order valence-corrected chi connectivity index (χ3v) is 8.57. The van der Waals surface area contributed by atoms with Gasteiger partial charge in [-0.3, -0.25) is 9.36 Å². The highest BCUT2D eigenvalue weighted by molar-refractivity contribution is 7.07. The van der Waals surface area contributed by atoms with Crippen molar-refractivity contribution in [1.82, 2.24) is 4.57 Å². The smallest absolute Gasteiger partial charge is 0.338 e. The van der Waals surface area contributed by atoms with Gasteiger partial charge in [-0.25, -0.2) is 14.2 Å². The van der Waals surface area contributed by atoms with E-state index in [1.165, 1.54) is 28.0 Å². The van der Waals surface area contributed by atoms with Gasteiger partial charge in [0.2, 0.25) is 0 Å². The molecule has 2 heterocycles. The highest BCUT2D eigenvalue weighted by Gasteiger charge is 2.35. The summed E-state index contributed by atoms with van der Waals surface area (Å²) in [5, 5.41) is 0.593. The van der Waals surface area contributed by atoms with Crippen molar-refractivity contribution in [2.75, 3.05) is 13.7 Å². The van der Waals surface area contributed by atoms with Gasteiger partial charge in [0, 0.05) is 16.1 Å². The van der Waals surface area contributed by atoms with Crippen LogP contribution >= 0.6 is 22.9 Å². The lowest BCUT2D eigenvalue weighted by Crippen LogP contribution is -2.40. The topological polar surface area (TPSA) is 79.1 Å². The van der Waals surface area contributed by atoms with E-state index in [1.807, 2.05) is 60.7 Å². The molecule has 232 valence electrons. The summed E-state index contributed by atoms with van der Waals surface area (Å²) >= 11 is 7.35. The highest BCUT2D eigenvalue weighted by atomic mass is 35.5. The van der Waals surface area contributed by atoms with Crippen LogP contribution in [-0.4, -0.2) is 24.3 Å². The Labute approximate surface area is 273 Å². The highest BCUT2D eigenvalue weighted by Crippen LogP contribution is 2.36. The predicted molar refractivity (Wildman–Crippen MR) is 176 cm³/mol. The minimum absolute atomic E-state index is 0.124. The van der Waals surface area contributed by atoms with E-state index < -0.39 is 17.8 Å². The van der Waals surface area contributed by atoms with Crippen LogP contribution in [0.3, 0.4) is 0 Å². The molecule has 1 aromatic heterocycles. The fraction of sp³-hybridized carbons (Fsp3) is 0.139. The van der Waals surface area contributed by atoms with Gasteiger partial charge >= 0.3 is 5.97 Å². The number of para-hydroxylation sites is 1. The lowest BCUT2D eigenvalue weighted by molar-refractivity contribution is -0.138. The standard InChI is InChI=1S/C36H28ClFN2O5S/c1-3-44-35(42)30-31(23-10-5-4-6-11-23)39-36-40(32(30)24-15-17-27(38)18-16-24)34(41)29(46-36)20-25-12-8-14-28(43-2)33(25)45-21-22-9-7-13-26(37)19-22/h4-20,32H,3,21H2,1-2H3/b29-20-/t32-/m0/s1. The van der Waals surface area contributed by atoms with E-state index in [4.69, 9.17) is 30.8 Å². The number of aromatic nitrogens is 1. The Bertz CT molecular complexity index is 2120. The van der Waals surface area contributed by atoms with Crippen LogP contribution in [0.1, 0.15) is 35.2 Å². The molecule has 7 nitrogen and oxygen atoms in total. The molecule has 0 saturated carbocycles. The number of hydrogen-bond donors (Lipinski definition) is 0. The van der Waals surface area contributed by atoms with E-state index in [9.17, 15) is 14.0 Å². The van der Waals surface area contributed by atoms with E-state index in [-0.39, 0.29) is 24.3 Å². The van der Waals surface area contributed by atoms with Gasteiger partial charge in [-0.2, -0.15) is 0 Å². The van der Waals surface area contributed by atoms with E-state index in [0.717, 1.165) is 5.56 Å². The summed E-state index contributed by atoms with van der Waals surface area (Å²) in [5.41, 5.74) is 2.88. The summed E-state index contributed by atoms with van der Waals surface area (Å²) in [6.45, 7) is 2.05. The lowest BCUT2D eigenvalue weighted by atomic mass is 9.93. The zero-order valence-corrected chi connectivity index (χ0v) is 26.5. The molecule has 5 aromatic rings. The van der Waals surface area contributed by atoms with Crippen LogP contribution in [0.25, 0.3) is 11.8 Å². The average Bonchev–Trinajstić information content (AvgIpc) is 3.38. The number of hydrogen-bond acceptors (Lipinski definition) is 7. The van der Waals surface area contributed by atoms with Gasteiger partial charge < -0.3 is 14.2 Å². The quantitative estimate of drug-likeness (QED) is 0.174. The molecule has 6 rings (SSSR count). The first kappa shape index (κ1) is 31.0. The van der Waals surface area contributed by atoms with Crippen molar-refractivity contribution in [3.63, 3.8) is 0 Å². The van der Waals surface area contributed by atoms with Gasteiger partial charge in [-0.15, -0.1) is 0 Å². The predicted octanol–water partition coefficient (Wildman–Crippen LogP) is 6.32. The monoisotopic (exact) mass is 654 g/mol. The first-order valence-corrected chi connectivity index (χ1v) is 15.7. The molecule has 0 N–H and O–H groups in total. The van der Waals surface area contributed by atoms with Crippen molar-refractivity contribution < 1.29 is 23.4 Å².